The molecule has 7 nitrogen and oxygen atoms in total. The molecule has 8 heteroatoms. The summed E-state index contributed by atoms with van der Waals surface area (Å²) < 4.78 is 3.57. The molecule has 0 unspecified atom stereocenters. The smallest absolute Gasteiger partial charge is 0.284 e. The van der Waals surface area contributed by atoms with E-state index in [1.54, 1.807) is 0 Å². The molecule has 0 fully saturated rings. The van der Waals surface area contributed by atoms with E-state index in [0.29, 0.717) is 23.7 Å². The quantitative estimate of drug-likeness (QED) is 0.498. The fraction of sp³-hybridized carbons (Fsp3) is 0.429. The SMILES string of the molecule is CCCNC(=O)CSc1nc2nn(-c3ccccc3)c(=O)c-2c2n1CCCCC2. The van der Waals surface area contributed by atoms with E-state index in [1.807, 2.05) is 37.3 Å². The Bertz CT molecular complexity index is 1030. The Balaban J connectivity index is 1.77. The lowest BCUT2D eigenvalue weighted by Gasteiger charge is -2.17. The van der Waals surface area contributed by atoms with Gasteiger partial charge in [0, 0.05) is 18.8 Å². The summed E-state index contributed by atoms with van der Waals surface area (Å²) in [7, 11) is 0. The molecule has 3 aliphatic heterocycles. The second-order valence-corrected chi connectivity index (χ2v) is 8.14. The van der Waals surface area contributed by atoms with Gasteiger partial charge in [-0.2, -0.15) is 4.68 Å². The summed E-state index contributed by atoms with van der Waals surface area (Å²) in [6.45, 7) is 3.52. The number of rotatable bonds is 6. The second-order valence-electron chi connectivity index (χ2n) is 7.19. The zero-order valence-corrected chi connectivity index (χ0v) is 17.4. The third-order valence-corrected chi connectivity index (χ3v) is 6.05. The van der Waals surface area contributed by atoms with E-state index in [0.717, 1.165) is 55.2 Å². The Hall–Kier alpha value is -2.61. The number of para-hydroxylation sites is 1. The third kappa shape index (κ3) is 4.07. The van der Waals surface area contributed by atoms with E-state index in [1.165, 1.54) is 16.4 Å². The van der Waals surface area contributed by atoms with E-state index >= 15 is 0 Å². The topological polar surface area (TPSA) is 81.8 Å². The van der Waals surface area contributed by atoms with Gasteiger partial charge in [-0.1, -0.05) is 43.3 Å². The monoisotopic (exact) mass is 411 g/mol. The highest BCUT2D eigenvalue weighted by molar-refractivity contribution is 7.99. The molecule has 1 amide bonds. The summed E-state index contributed by atoms with van der Waals surface area (Å²) in [5.74, 6) is 0.770. The maximum Gasteiger partial charge on any atom is 0.284 e. The minimum atomic E-state index is -0.124. The normalized spacial score (nSPS) is 13.8. The lowest BCUT2D eigenvalue weighted by Crippen LogP contribution is -2.26. The highest BCUT2D eigenvalue weighted by atomic mass is 32.2. The van der Waals surface area contributed by atoms with Crippen LogP contribution < -0.4 is 10.9 Å². The lowest BCUT2D eigenvalue weighted by atomic mass is 10.1. The van der Waals surface area contributed by atoms with E-state index < -0.39 is 0 Å². The van der Waals surface area contributed by atoms with Gasteiger partial charge in [0.05, 0.1) is 11.4 Å². The average molecular weight is 412 g/mol. The zero-order chi connectivity index (χ0) is 20.2. The molecule has 1 N–H and O–H groups in total. The Morgan fingerprint density at radius 3 is 2.83 bits per heavy atom. The number of hydrogen-bond donors (Lipinski definition) is 1. The van der Waals surface area contributed by atoms with Gasteiger partial charge < -0.3 is 9.88 Å². The van der Waals surface area contributed by atoms with Crippen molar-refractivity contribution in [2.45, 2.75) is 50.7 Å². The third-order valence-electron chi connectivity index (χ3n) is 5.07. The van der Waals surface area contributed by atoms with Gasteiger partial charge in [0.25, 0.3) is 5.56 Å². The van der Waals surface area contributed by atoms with Gasteiger partial charge in [-0.05, 0) is 37.8 Å². The first-order valence-electron chi connectivity index (χ1n) is 10.2. The van der Waals surface area contributed by atoms with Crippen molar-refractivity contribution in [3.05, 3.63) is 46.4 Å². The summed E-state index contributed by atoms with van der Waals surface area (Å²) in [5.41, 5.74) is 2.21. The van der Waals surface area contributed by atoms with Crippen molar-refractivity contribution in [3.63, 3.8) is 0 Å². The number of aromatic nitrogens is 4. The average Bonchev–Trinajstić information content (AvgIpc) is 2.91. The molecule has 4 rings (SSSR count). The molecule has 0 radical (unpaired) electrons. The number of hydrogen-bond acceptors (Lipinski definition) is 5. The molecular weight excluding hydrogens is 386 g/mol. The number of fused-ring (bicyclic) bond motifs is 3. The van der Waals surface area contributed by atoms with Gasteiger partial charge in [-0.15, -0.1) is 5.10 Å². The van der Waals surface area contributed by atoms with Crippen molar-refractivity contribution in [2.24, 2.45) is 0 Å². The van der Waals surface area contributed by atoms with Crippen LogP contribution in [0.2, 0.25) is 0 Å². The Morgan fingerprint density at radius 1 is 1.21 bits per heavy atom. The number of benzene rings is 1. The van der Waals surface area contributed by atoms with Gasteiger partial charge in [-0.3, -0.25) is 9.59 Å². The number of carbonyl (C=O) groups excluding carboxylic acids is 1. The predicted molar refractivity (Wildman–Crippen MR) is 114 cm³/mol. The van der Waals surface area contributed by atoms with Crippen LogP contribution in [0.25, 0.3) is 17.1 Å². The van der Waals surface area contributed by atoms with Crippen LogP contribution in [0, 0.1) is 0 Å². The highest BCUT2D eigenvalue weighted by Gasteiger charge is 2.27. The van der Waals surface area contributed by atoms with Crippen molar-refractivity contribution >= 4 is 17.7 Å². The lowest BCUT2D eigenvalue weighted by molar-refractivity contribution is -0.118. The van der Waals surface area contributed by atoms with Crippen LogP contribution in [0.1, 0.15) is 38.3 Å². The number of amides is 1. The molecule has 3 aliphatic rings. The molecule has 0 spiro atoms. The number of nitrogens with one attached hydrogen (secondary N) is 1. The fourth-order valence-electron chi connectivity index (χ4n) is 3.65. The van der Waals surface area contributed by atoms with E-state index in [9.17, 15) is 9.59 Å². The Labute approximate surface area is 173 Å². The van der Waals surface area contributed by atoms with Crippen LogP contribution >= 0.6 is 11.8 Å². The predicted octanol–water partition coefficient (Wildman–Crippen LogP) is 2.88. The van der Waals surface area contributed by atoms with E-state index in [-0.39, 0.29) is 11.5 Å². The molecule has 0 saturated heterocycles. The molecule has 1 aromatic carbocycles. The van der Waals surface area contributed by atoms with Gasteiger partial charge >= 0.3 is 0 Å². The number of thioether (sulfide) groups is 1. The van der Waals surface area contributed by atoms with E-state index in [2.05, 4.69) is 15.0 Å². The molecular formula is C21H25N5O2S. The Kier molecular flexibility index (Phi) is 5.99. The fourth-order valence-corrected chi connectivity index (χ4v) is 4.52. The number of carbonyl (C=O) groups is 1. The minimum Gasteiger partial charge on any atom is -0.355 e. The molecule has 0 aliphatic carbocycles. The van der Waals surface area contributed by atoms with Gasteiger partial charge in [0.15, 0.2) is 11.0 Å². The van der Waals surface area contributed by atoms with E-state index in [4.69, 9.17) is 4.98 Å². The molecule has 1 aromatic rings. The molecule has 152 valence electrons. The summed E-state index contributed by atoms with van der Waals surface area (Å²) in [6.07, 6.45) is 4.93. The maximum atomic E-state index is 13.2. The van der Waals surface area contributed by atoms with Crippen molar-refractivity contribution in [1.29, 1.82) is 0 Å². The first-order chi connectivity index (χ1) is 14.2. The maximum absolute atomic E-state index is 13.2. The molecule has 0 bridgehead atoms. The van der Waals surface area contributed by atoms with Crippen LogP contribution in [0.4, 0.5) is 0 Å². The van der Waals surface area contributed by atoms with Gasteiger partial charge in [-0.25, -0.2) is 4.98 Å². The molecule has 0 atom stereocenters. The van der Waals surface area contributed by atoms with Crippen LogP contribution in [0.3, 0.4) is 0 Å². The van der Waals surface area contributed by atoms with Crippen molar-refractivity contribution in [3.8, 4) is 17.1 Å². The zero-order valence-electron chi connectivity index (χ0n) is 16.6. The van der Waals surface area contributed by atoms with Crippen LogP contribution in [0.15, 0.2) is 40.3 Å². The summed E-state index contributed by atoms with van der Waals surface area (Å²) in [6, 6.07) is 9.43. The molecule has 0 aromatic heterocycles. The Morgan fingerprint density at radius 2 is 2.03 bits per heavy atom. The van der Waals surface area contributed by atoms with Crippen molar-refractivity contribution in [1.82, 2.24) is 24.6 Å². The van der Waals surface area contributed by atoms with Crippen molar-refractivity contribution < 1.29 is 4.79 Å². The number of nitrogens with zero attached hydrogens (tertiary/aromatic N) is 4. The van der Waals surface area contributed by atoms with Crippen LogP contribution in [-0.2, 0) is 17.8 Å². The summed E-state index contributed by atoms with van der Waals surface area (Å²) in [4.78, 5) is 30.0. The van der Waals surface area contributed by atoms with Crippen LogP contribution in [0.5, 0.6) is 0 Å². The minimum absolute atomic E-state index is 0.000970. The second kappa shape index (κ2) is 8.82. The molecule has 29 heavy (non-hydrogen) atoms. The largest absolute Gasteiger partial charge is 0.355 e. The molecule has 0 saturated carbocycles. The van der Waals surface area contributed by atoms with Crippen LogP contribution in [-0.4, -0.2) is 37.5 Å². The summed E-state index contributed by atoms with van der Waals surface area (Å²) >= 11 is 1.42. The van der Waals surface area contributed by atoms with Gasteiger partial charge in [0.2, 0.25) is 5.91 Å². The standard InChI is InChI=1S/C21H25N5O2S/c1-2-12-22-17(27)14-29-21-23-19-18(16-11-7-4-8-13-25(16)21)20(28)26(24-19)15-9-5-3-6-10-15/h3,5-6,9-10H,2,4,7-8,11-14H2,1H3,(H,22,27). The molecule has 3 heterocycles. The first kappa shape index (κ1) is 19.7. The first-order valence-corrected chi connectivity index (χ1v) is 11.1. The summed E-state index contributed by atoms with van der Waals surface area (Å²) in [5, 5.41) is 8.19. The highest BCUT2D eigenvalue weighted by Crippen LogP contribution is 2.30. The van der Waals surface area contributed by atoms with Crippen molar-refractivity contribution in [2.75, 3.05) is 12.3 Å². The van der Waals surface area contributed by atoms with Gasteiger partial charge in [0.1, 0.15) is 5.56 Å².